The molecule has 4 rings (SSSR count). The summed E-state index contributed by atoms with van der Waals surface area (Å²) in [5.41, 5.74) is 2.41. The molecule has 0 bridgehead atoms. The van der Waals surface area contributed by atoms with Crippen LogP contribution in [0.1, 0.15) is 18.5 Å². The standard InChI is InChI=1S/C19H27N3O2/c23-18-13-21(7-8-22(14-18)17-5-9-24-10-6-17)12-16-11-15-3-1-2-4-19(15)20-16/h1-4,11,17-18,20,23H,5-10,12-14H2. The number of nitrogens with zero attached hydrogens (tertiary/aromatic N) is 2. The molecule has 0 radical (unpaired) electrons. The van der Waals surface area contributed by atoms with Crippen molar-refractivity contribution in [3.8, 4) is 0 Å². The summed E-state index contributed by atoms with van der Waals surface area (Å²) in [6.07, 6.45) is 1.91. The molecule has 1 atom stereocenters. The smallest absolute Gasteiger partial charge is 0.0794 e. The van der Waals surface area contributed by atoms with Gasteiger partial charge in [0, 0.05) is 63.2 Å². The van der Waals surface area contributed by atoms with Crippen molar-refractivity contribution >= 4 is 10.9 Å². The zero-order chi connectivity index (χ0) is 16.4. The second kappa shape index (κ2) is 7.23. The number of aromatic amines is 1. The van der Waals surface area contributed by atoms with Gasteiger partial charge in [0.1, 0.15) is 0 Å². The van der Waals surface area contributed by atoms with Crippen LogP contribution < -0.4 is 0 Å². The molecule has 130 valence electrons. The maximum atomic E-state index is 10.5. The van der Waals surface area contributed by atoms with E-state index in [2.05, 4.69) is 45.1 Å². The van der Waals surface area contributed by atoms with Gasteiger partial charge in [-0.2, -0.15) is 0 Å². The highest BCUT2D eigenvalue weighted by Gasteiger charge is 2.27. The lowest BCUT2D eigenvalue weighted by atomic mass is 10.1. The van der Waals surface area contributed by atoms with E-state index in [0.29, 0.717) is 6.04 Å². The molecule has 1 unspecified atom stereocenters. The fraction of sp³-hybridized carbons (Fsp3) is 0.579. The van der Waals surface area contributed by atoms with Gasteiger partial charge in [0.05, 0.1) is 6.10 Å². The summed E-state index contributed by atoms with van der Waals surface area (Å²) in [5.74, 6) is 0. The maximum absolute atomic E-state index is 10.5. The van der Waals surface area contributed by atoms with E-state index in [1.54, 1.807) is 0 Å². The molecule has 0 aliphatic carbocycles. The second-order valence-electron chi connectivity index (χ2n) is 7.11. The first-order valence-electron chi connectivity index (χ1n) is 9.07. The number of benzene rings is 1. The monoisotopic (exact) mass is 329 g/mol. The van der Waals surface area contributed by atoms with Crippen molar-refractivity contribution in [3.63, 3.8) is 0 Å². The molecule has 2 saturated heterocycles. The third kappa shape index (κ3) is 3.64. The lowest BCUT2D eigenvalue weighted by molar-refractivity contribution is 0.0217. The van der Waals surface area contributed by atoms with Crippen LogP contribution in [0.3, 0.4) is 0 Å². The molecular weight excluding hydrogens is 302 g/mol. The number of hydrogen-bond acceptors (Lipinski definition) is 4. The summed E-state index contributed by atoms with van der Waals surface area (Å²) in [4.78, 5) is 8.34. The van der Waals surface area contributed by atoms with E-state index in [-0.39, 0.29) is 6.10 Å². The largest absolute Gasteiger partial charge is 0.390 e. The topological polar surface area (TPSA) is 51.7 Å². The Bertz CT molecular complexity index is 632. The van der Waals surface area contributed by atoms with Gasteiger partial charge in [0.2, 0.25) is 0 Å². The van der Waals surface area contributed by atoms with Crippen LogP contribution in [-0.2, 0) is 11.3 Å². The SMILES string of the molecule is OC1CN(Cc2cc3ccccc3[nH]2)CCN(C2CCOCC2)C1. The molecule has 3 heterocycles. The molecule has 2 aliphatic heterocycles. The number of ether oxygens (including phenoxy) is 1. The van der Waals surface area contributed by atoms with E-state index in [1.165, 1.54) is 16.6 Å². The van der Waals surface area contributed by atoms with E-state index in [9.17, 15) is 5.11 Å². The van der Waals surface area contributed by atoms with E-state index >= 15 is 0 Å². The van der Waals surface area contributed by atoms with Gasteiger partial charge in [0.15, 0.2) is 0 Å². The quantitative estimate of drug-likeness (QED) is 0.902. The van der Waals surface area contributed by atoms with E-state index in [4.69, 9.17) is 4.74 Å². The third-order valence-electron chi connectivity index (χ3n) is 5.30. The Labute approximate surface area is 143 Å². The van der Waals surface area contributed by atoms with Crippen molar-refractivity contribution in [3.05, 3.63) is 36.0 Å². The van der Waals surface area contributed by atoms with Gasteiger partial charge >= 0.3 is 0 Å². The Kier molecular flexibility index (Phi) is 4.85. The summed E-state index contributed by atoms with van der Waals surface area (Å²) >= 11 is 0. The van der Waals surface area contributed by atoms with Gasteiger partial charge in [0.25, 0.3) is 0 Å². The molecule has 0 amide bonds. The van der Waals surface area contributed by atoms with Crippen molar-refractivity contribution in [1.29, 1.82) is 0 Å². The van der Waals surface area contributed by atoms with Crippen LogP contribution in [0, 0.1) is 0 Å². The highest BCUT2D eigenvalue weighted by Crippen LogP contribution is 2.19. The van der Waals surface area contributed by atoms with Crippen LogP contribution >= 0.6 is 0 Å². The van der Waals surface area contributed by atoms with Gasteiger partial charge in [-0.15, -0.1) is 0 Å². The first kappa shape index (κ1) is 16.1. The predicted molar refractivity (Wildman–Crippen MR) is 95.0 cm³/mol. The summed E-state index contributed by atoms with van der Waals surface area (Å²) in [5, 5.41) is 11.7. The molecule has 1 aromatic carbocycles. The lowest BCUT2D eigenvalue weighted by Gasteiger charge is -2.33. The van der Waals surface area contributed by atoms with Crippen molar-refractivity contribution in [1.82, 2.24) is 14.8 Å². The van der Waals surface area contributed by atoms with Crippen molar-refractivity contribution in [2.24, 2.45) is 0 Å². The molecular formula is C19H27N3O2. The average molecular weight is 329 g/mol. The van der Waals surface area contributed by atoms with Crippen molar-refractivity contribution < 1.29 is 9.84 Å². The Morgan fingerprint density at radius 1 is 1.12 bits per heavy atom. The highest BCUT2D eigenvalue weighted by atomic mass is 16.5. The summed E-state index contributed by atoms with van der Waals surface area (Å²) in [6, 6.07) is 11.2. The van der Waals surface area contributed by atoms with Crippen LogP contribution in [-0.4, -0.2) is 71.4 Å². The first-order valence-corrected chi connectivity index (χ1v) is 9.07. The molecule has 24 heavy (non-hydrogen) atoms. The molecule has 2 aromatic rings. The number of aliphatic hydroxyl groups is 1. The average Bonchev–Trinajstić information content (AvgIpc) is 2.91. The Hall–Kier alpha value is -1.40. The summed E-state index contributed by atoms with van der Waals surface area (Å²) in [7, 11) is 0. The fourth-order valence-corrected chi connectivity index (χ4v) is 4.06. The minimum absolute atomic E-state index is 0.278. The van der Waals surface area contributed by atoms with Gasteiger partial charge < -0.3 is 14.8 Å². The zero-order valence-electron chi connectivity index (χ0n) is 14.2. The highest BCUT2D eigenvalue weighted by molar-refractivity contribution is 5.80. The molecule has 0 saturated carbocycles. The van der Waals surface area contributed by atoms with Crippen molar-refractivity contribution in [2.75, 3.05) is 39.4 Å². The second-order valence-corrected chi connectivity index (χ2v) is 7.11. The number of nitrogens with one attached hydrogen (secondary N) is 1. The fourth-order valence-electron chi connectivity index (χ4n) is 4.06. The van der Waals surface area contributed by atoms with Gasteiger partial charge in [-0.25, -0.2) is 0 Å². The van der Waals surface area contributed by atoms with E-state index in [0.717, 1.165) is 58.8 Å². The van der Waals surface area contributed by atoms with Crippen LogP contribution in [0.4, 0.5) is 0 Å². The molecule has 2 N–H and O–H groups in total. The van der Waals surface area contributed by atoms with Crippen molar-refractivity contribution in [2.45, 2.75) is 31.5 Å². The lowest BCUT2D eigenvalue weighted by Crippen LogP contribution is -2.43. The Morgan fingerprint density at radius 2 is 1.96 bits per heavy atom. The Morgan fingerprint density at radius 3 is 2.79 bits per heavy atom. The number of aliphatic hydroxyl groups excluding tert-OH is 1. The zero-order valence-corrected chi connectivity index (χ0v) is 14.2. The Balaban J connectivity index is 1.40. The summed E-state index contributed by atoms with van der Waals surface area (Å²) in [6.45, 7) is 6.15. The van der Waals surface area contributed by atoms with Crippen LogP contribution in [0.15, 0.2) is 30.3 Å². The van der Waals surface area contributed by atoms with Gasteiger partial charge in [-0.1, -0.05) is 18.2 Å². The molecule has 2 fully saturated rings. The number of hydrogen-bond donors (Lipinski definition) is 2. The van der Waals surface area contributed by atoms with Gasteiger partial charge in [-0.3, -0.25) is 9.80 Å². The van der Waals surface area contributed by atoms with E-state index < -0.39 is 0 Å². The van der Waals surface area contributed by atoms with Gasteiger partial charge in [-0.05, 0) is 30.4 Å². The van der Waals surface area contributed by atoms with Crippen LogP contribution in [0.25, 0.3) is 10.9 Å². The normalized spacial score (nSPS) is 25.1. The number of rotatable bonds is 3. The number of para-hydroxylation sites is 1. The van der Waals surface area contributed by atoms with E-state index in [1.807, 2.05) is 0 Å². The molecule has 5 heteroatoms. The number of H-pyrrole nitrogens is 1. The van der Waals surface area contributed by atoms with Crippen LogP contribution in [0.2, 0.25) is 0 Å². The molecule has 5 nitrogen and oxygen atoms in total. The minimum atomic E-state index is -0.278. The number of β-amino-alcohol motifs (C(OH)–C–C–N with tert-alkyl or cyclic N) is 1. The third-order valence-corrected chi connectivity index (χ3v) is 5.30. The molecule has 1 aromatic heterocycles. The maximum Gasteiger partial charge on any atom is 0.0794 e. The first-order chi connectivity index (χ1) is 11.8. The molecule has 2 aliphatic rings. The predicted octanol–water partition coefficient (Wildman–Crippen LogP) is 1.83. The minimum Gasteiger partial charge on any atom is -0.390 e. The number of fused-ring (bicyclic) bond motifs is 1. The number of aromatic nitrogens is 1. The molecule has 0 spiro atoms. The summed E-state index contributed by atoms with van der Waals surface area (Å²) < 4.78 is 5.47. The van der Waals surface area contributed by atoms with Crippen LogP contribution in [0.5, 0.6) is 0 Å².